The van der Waals surface area contributed by atoms with Gasteiger partial charge in [-0.3, -0.25) is 4.79 Å². The van der Waals surface area contributed by atoms with E-state index in [9.17, 15) is 4.79 Å². The molecule has 1 heterocycles. The number of methoxy groups -OCH3 is 1. The van der Waals surface area contributed by atoms with Gasteiger partial charge in [-0.25, -0.2) is 0 Å². The van der Waals surface area contributed by atoms with Crippen molar-refractivity contribution in [2.75, 3.05) is 45.3 Å². The molecule has 2 aromatic carbocycles. The Bertz CT molecular complexity index is 746. The summed E-state index contributed by atoms with van der Waals surface area (Å²) < 4.78 is 16.3. The number of rotatable bonds is 8. The van der Waals surface area contributed by atoms with Crippen LogP contribution in [0.4, 0.5) is 5.69 Å². The number of hydrogen-bond acceptors (Lipinski definition) is 6. The number of fused-ring (bicyclic) bond motifs is 1. The average molecular weight is 411 g/mol. The lowest BCUT2D eigenvalue weighted by atomic mass is 10.2. The van der Waals surface area contributed by atoms with Gasteiger partial charge in [0.2, 0.25) is 5.91 Å². The number of nitrogens with one attached hydrogen (secondary N) is 2. The topological polar surface area (TPSA) is 68.8 Å². The van der Waals surface area contributed by atoms with Crippen LogP contribution in [0, 0.1) is 0 Å². The number of carbonyl (C=O) groups is 1. The molecule has 0 spiro atoms. The molecule has 0 saturated heterocycles. The molecule has 1 aliphatic heterocycles. The fraction of sp³-hybridized carbons (Fsp3) is 0.316. The Hall–Kier alpha value is -1.93. The summed E-state index contributed by atoms with van der Waals surface area (Å²) in [5, 5.41) is 6.00. The van der Waals surface area contributed by atoms with Crippen molar-refractivity contribution in [2.24, 2.45) is 0 Å². The van der Waals surface area contributed by atoms with E-state index >= 15 is 0 Å². The van der Waals surface area contributed by atoms with Crippen molar-refractivity contribution in [3.63, 3.8) is 0 Å². The number of benzene rings is 2. The van der Waals surface area contributed by atoms with Crippen molar-refractivity contribution in [3.05, 3.63) is 42.5 Å². The molecular formula is C19H23ClN2O4S. The Morgan fingerprint density at radius 2 is 1.85 bits per heavy atom. The summed E-state index contributed by atoms with van der Waals surface area (Å²) in [6, 6.07) is 13.7. The van der Waals surface area contributed by atoms with Crippen LogP contribution in [-0.4, -0.2) is 45.9 Å². The SMILES string of the molecule is COCCNCC(=O)Nc1cc2c(cc1Sc1ccccc1)OCCO2.Cl. The lowest BCUT2D eigenvalue weighted by Crippen LogP contribution is -2.30. The molecule has 0 saturated carbocycles. The van der Waals surface area contributed by atoms with E-state index in [0.29, 0.717) is 43.6 Å². The monoisotopic (exact) mass is 410 g/mol. The fourth-order valence-corrected chi connectivity index (χ4v) is 3.37. The summed E-state index contributed by atoms with van der Waals surface area (Å²) in [5.41, 5.74) is 0.710. The van der Waals surface area contributed by atoms with Crippen molar-refractivity contribution < 1.29 is 19.0 Å². The molecule has 0 radical (unpaired) electrons. The minimum atomic E-state index is -0.118. The highest BCUT2D eigenvalue weighted by molar-refractivity contribution is 7.99. The van der Waals surface area contributed by atoms with Gasteiger partial charge in [0, 0.05) is 35.6 Å². The number of hydrogen-bond donors (Lipinski definition) is 2. The molecule has 0 fully saturated rings. The van der Waals surface area contributed by atoms with Crippen LogP contribution in [0.1, 0.15) is 0 Å². The van der Waals surface area contributed by atoms with Crippen LogP contribution in [0.15, 0.2) is 52.3 Å². The zero-order chi connectivity index (χ0) is 18.2. The van der Waals surface area contributed by atoms with Crippen LogP contribution < -0.4 is 20.1 Å². The van der Waals surface area contributed by atoms with Gasteiger partial charge in [0.25, 0.3) is 0 Å². The van der Waals surface area contributed by atoms with Crippen molar-refractivity contribution in [2.45, 2.75) is 9.79 Å². The third-order valence-electron chi connectivity index (χ3n) is 3.66. The van der Waals surface area contributed by atoms with Crippen molar-refractivity contribution in [1.82, 2.24) is 5.32 Å². The van der Waals surface area contributed by atoms with Gasteiger partial charge in [-0.1, -0.05) is 30.0 Å². The first-order valence-corrected chi connectivity index (χ1v) is 9.24. The second-order valence-electron chi connectivity index (χ2n) is 5.62. The van der Waals surface area contributed by atoms with E-state index in [1.807, 2.05) is 42.5 Å². The Morgan fingerprint density at radius 1 is 1.15 bits per heavy atom. The Labute approximate surface area is 169 Å². The van der Waals surface area contributed by atoms with Gasteiger partial charge in [-0.05, 0) is 12.1 Å². The van der Waals surface area contributed by atoms with Crippen molar-refractivity contribution in [3.8, 4) is 11.5 Å². The molecule has 2 aromatic rings. The van der Waals surface area contributed by atoms with Crippen LogP contribution in [0.2, 0.25) is 0 Å². The van der Waals surface area contributed by atoms with Crippen LogP contribution >= 0.6 is 24.2 Å². The minimum Gasteiger partial charge on any atom is -0.486 e. The number of anilines is 1. The molecule has 27 heavy (non-hydrogen) atoms. The normalized spacial score (nSPS) is 12.2. The molecular weight excluding hydrogens is 388 g/mol. The quantitative estimate of drug-likeness (QED) is 0.651. The van der Waals surface area contributed by atoms with E-state index < -0.39 is 0 Å². The summed E-state index contributed by atoms with van der Waals surface area (Å²) in [6.45, 7) is 2.43. The summed E-state index contributed by atoms with van der Waals surface area (Å²) >= 11 is 1.57. The van der Waals surface area contributed by atoms with Crippen molar-refractivity contribution in [1.29, 1.82) is 0 Å². The summed E-state index contributed by atoms with van der Waals surface area (Å²) in [4.78, 5) is 14.2. The van der Waals surface area contributed by atoms with E-state index in [1.165, 1.54) is 0 Å². The largest absolute Gasteiger partial charge is 0.486 e. The first-order chi connectivity index (χ1) is 12.8. The van der Waals surface area contributed by atoms with Gasteiger partial charge < -0.3 is 24.8 Å². The van der Waals surface area contributed by atoms with Gasteiger partial charge in [-0.2, -0.15) is 0 Å². The van der Waals surface area contributed by atoms with E-state index in [2.05, 4.69) is 10.6 Å². The zero-order valence-electron chi connectivity index (χ0n) is 15.0. The standard InChI is InChI=1S/C19H22N2O4S.ClH/c1-23-8-7-20-13-19(22)21-15-11-16-17(25-10-9-24-16)12-18(15)26-14-5-3-2-4-6-14;/h2-6,11-12,20H,7-10,13H2,1H3,(H,21,22);1H. The van der Waals surface area contributed by atoms with Gasteiger partial charge in [0.1, 0.15) is 13.2 Å². The number of ether oxygens (including phenoxy) is 3. The van der Waals surface area contributed by atoms with E-state index in [0.717, 1.165) is 9.79 Å². The molecule has 2 N–H and O–H groups in total. The van der Waals surface area contributed by atoms with E-state index in [-0.39, 0.29) is 24.9 Å². The molecule has 1 amide bonds. The smallest absolute Gasteiger partial charge is 0.238 e. The fourth-order valence-electron chi connectivity index (χ4n) is 2.44. The van der Waals surface area contributed by atoms with E-state index in [4.69, 9.17) is 14.2 Å². The molecule has 0 atom stereocenters. The lowest BCUT2D eigenvalue weighted by Gasteiger charge is -2.21. The summed E-state index contributed by atoms with van der Waals surface area (Å²) in [5.74, 6) is 1.23. The maximum atomic E-state index is 12.3. The third kappa shape index (κ3) is 6.32. The Morgan fingerprint density at radius 3 is 2.56 bits per heavy atom. The number of halogens is 1. The van der Waals surface area contributed by atoms with Crippen molar-refractivity contribution >= 4 is 35.8 Å². The number of amides is 1. The first-order valence-electron chi connectivity index (χ1n) is 8.42. The van der Waals surface area contributed by atoms with Gasteiger partial charge in [0.05, 0.1) is 18.8 Å². The minimum absolute atomic E-state index is 0. The summed E-state index contributed by atoms with van der Waals surface area (Å²) in [6.07, 6.45) is 0. The Balaban J connectivity index is 0.00000261. The van der Waals surface area contributed by atoms with Crippen LogP contribution in [0.5, 0.6) is 11.5 Å². The van der Waals surface area contributed by atoms with Gasteiger partial charge in [0.15, 0.2) is 11.5 Å². The van der Waals surface area contributed by atoms with Crippen LogP contribution in [-0.2, 0) is 9.53 Å². The second kappa shape index (κ2) is 11.0. The highest BCUT2D eigenvalue weighted by Gasteiger charge is 2.18. The van der Waals surface area contributed by atoms with Crippen LogP contribution in [0.25, 0.3) is 0 Å². The predicted molar refractivity (Wildman–Crippen MR) is 109 cm³/mol. The molecule has 0 bridgehead atoms. The molecule has 3 rings (SSSR count). The molecule has 0 aromatic heterocycles. The lowest BCUT2D eigenvalue weighted by molar-refractivity contribution is -0.115. The summed E-state index contributed by atoms with van der Waals surface area (Å²) in [7, 11) is 1.63. The molecule has 6 nitrogen and oxygen atoms in total. The molecule has 0 unspecified atom stereocenters. The second-order valence-corrected chi connectivity index (χ2v) is 6.74. The maximum absolute atomic E-state index is 12.3. The Kier molecular flexibility index (Phi) is 8.74. The molecule has 1 aliphatic rings. The molecule has 0 aliphatic carbocycles. The van der Waals surface area contributed by atoms with E-state index in [1.54, 1.807) is 18.9 Å². The molecule has 8 heteroatoms. The third-order valence-corrected chi connectivity index (χ3v) is 4.72. The van der Waals surface area contributed by atoms with Crippen LogP contribution in [0.3, 0.4) is 0 Å². The number of carbonyl (C=O) groups excluding carboxylic acids is 1. The molecule has 146 valence electrons. The predicted octanol–water partition coefficient (Wildman–Crippen LogP) is 3.21. The zero-order valence-corrected chi connectivity index (χ0v) is 16.7. The van der Waals surface area contributed by atoms with Gasteiger partial charge >= 0.3 is 0 Å². The average Bonchev–Trinajstić information content (AvgIpc) is 2.66. The highest BCUT2D eigenvalue weighted by atomic mass is 35.5. The van der Waals surface area contributed by atoms with Gasteiger partial charge in [-0.15, -0.1) is 12.4 Å². The first kappa shape index (κ1) is 21.4. The maximum Gasteiger partial charge on any atom is 0.238 e. The highest BCUT2D eigenvalue weighted by Crippen LogP contribution is 2.42.